The molecule has 0 aliphatic carbocycles. The molecule has 0 unspecified atom stereocenters. The molecule has 1 N–H and O–H groups in total. The van der Waals surface area contributed by atoms with Gasteiger partial charge in [-0.3, -0.25) is 4.79 Å². The highest BCUT2D eigenvalue weighted by atomic mass is 19.2. The summed E-state index contributed by atoms with van der Waals surface area (Å²) in [5.41, 5.74) is -0.193. The van der Waals surface area contributed by atoms with Crippen LogP contribution in [-0.4, -0.2) is 19.0 Å². The molecular weight excluding hydrogens is 275 g/mol. The molecule has 1 rings (SSSR count). The summed E-state index contributed by atoms with van der Waals surface area (Å²) in [6.07, 6.45) is 0.639. The Bertz CT molecular complexity index is 570. The third-order valence-corrected chi connectivity index (χ3v) is 2.30. The second kappa shape index (κ2) is 6.74. The SMILES string of the molecule is COC(=O)C=C(Cc1cc(F)c(F)cc1F)NC(C)=O. The van der Waals surface area contributed by atoms with Crippen molar-refractivity contribution < 1.29 is 27.5 Å². The highest BCUT2D eigenvalue weighted by Gasteiger charge is 2.13. The quantitative estimate of drug-likeness (QED) is 0.522. The second-order valence-electron chi connectivity index (χ2n) is 3.91. The van der Waals surface area contributed by atoms with E-state index in [1.807, 2.05) is 0 Å². The van der Waals surface area contributed by atoms with Crippen LogP contribution in [0.2, 0.25) is 0 Å². The minimum atomic E-state index is -1.32. The van der Waals surface area contributed by atoms with Crippen molar-refractivity contribution in [3.63, 3.8) is 0 Å². The van der Waals surface area contributed by atoms with Gasteiger partial charge in [0.1, 0.15) is 5.82 Å². The third kappa shape index (κ3) is 4.42. The van der Waals surface area contributed by atoms with E-state index in [1.54, 1.807) is 0 Å². The molecular formula is C13H12F3NO3. The number of rotatable bonds is 4. The van der Waals surface area contributed by atoms with Gasteiger partial charge in [-0.1, -0.05) is 0 Å². The van der Waals surface area contributed by atoms with Gasteiger partial charge in [0.25, 0.3) is 0 Å². The maximum absolute atomic E-state index is 13.5. The Morgan fingerprint density at radius 1 is 1.20 bits per heavy atom. The van der Waals surface area contributed by atoms with Crippen LogP contribution in [0.3, 0.4) is 0 Å². The molecule has 4 nitrogen and oxygen atoms in total. The Morgan fingerprint density at radius 2 is 1.80 bits per heavy atom. The lowest BCUT2D eigenvalue weighted by atomic mass is 10.1. The first-order valence-corrected chi connectivity index (χ1v) is 5.53. The Hall–Kier alpha value is -2.31. The third-order valence-electron chi connectivity index (χ3n) is 2.30. The van der Waals surface area contributed by atoms with Gasteiger partial charge in [0.2, 0.25) is 5.91 Å². The Labute approximate surface area is 113 Å². The first-order valence-electron chi connectivity index (χ1n) is 5.53. The fraction of sp³-hybridized carbons (Fsp3) is 0.231. The summed E-state index contributed by atoms with van der Waals surface area (Å²) in [5.74, 6) is -4.78. The van der Waals surface area contributed by atoms with Crippen molar-refractivity contribution in [2.45, 2.75) is 13.3 Å². The van der Waals surface area contributed by atoms with Gasteiger partial charge in [-0.15, -0.1) is 0 Å². The predicted octanol–water partition coefficient (Wildman–Crippen LogP) is 1.84. The fourth-order valence-electron chi connectivity index (χ4n) is 1.46. The monoisotopic (exact) mass is 287 g/mol. The van der Waals surface area contributed by atoms with E-state index in [0.29, 0.717) is 12.1 Å². The number of ether oxygens (including phenoxy) is 1. The van der Waals surface area contributed by atoms with Gasteiger partial charge in [-0.05, 0) is 11.6 Å². The predicted molar refractivity (Wildman–Crippen MR) is 63.9 cm³/mol. The van der Waals surface area contributed by atoms with E-state index in [2.05, 4.69) is 10.1 Å². The number of nitrogens with one attached hydrogen (secondary N) is 1. The molecule has 7 heteroatoms. The molecule has 1 aromatic rings. The molecule has 0 aliphatic heterocycles. The lowest BCUT2D eigenvalue weighted by molar-refractivity contribution is -0.134. The summed E-state index contributed by atoms with van der Waals surface area (Å²) in [4.78, 5) is 22.1. The number of esters is 1. The topological polar surface area (TPSA) is 55.4 Å². The van der Waals surface area contributed by atoms with E-state index >= 15 is 0 Å². The molecule has 0 aromatic heterocycles. The average molecular weight is 287 g/mol. The van der Waals surface area contributed by atoms with Crippen molar-refractivity contribution in [2.24, 2.45) is 0 Å². The van der Waals surface area contributed by atoms with Gasteiger partial charge in [-0.2, -0.15) is 0 Å². The molecule has 0 bridgehead atoms. The Balaban J connectivity index is 3.06. The van der Waals surface area contributed by atoms with Crippen molar-refractivity contribution in [1.29, 1.82) is 0 Å². The van der Waals surface area contributed by atoms with Gasteiger partial charge in [0.05, 0.1) is 7.11 Å². The van der Waals surface area contributed by atoms with Crippen molar-refractivity contribution in [2.75, 3.05) is 7.11 Å². The van der Waals surface area contributed by atoms with E-state index in [0.717, 1.165) is 13.2 Å². The number of hydrogen-bond acceptors (Lipinski definition) is 3. The first kappa shape index (κ1) is 15.7. The van der Waals surface area contributed by atoms with Crippen LogP contribution in [0, 0.1) is 17.5 Å². The second-order valence-corrected chi connectivity index (χ2v) is 3.91. The minimum Gasteiger partial charge on any atom is -0.466 e. The van der Waals surface area contributed by atoms with Gasteiger partial charge in [0.15, 0.2) is 11.6 Å². The van der Waals surface area contributed by atoms with Crippen molar-refractivity contribution in [3.8, 4) is 0 Å². The lowest BCUT2D eigenvalue weighted by Gasteiger charge is -2.09. The fourth-order valence-corrected chi connectivity index (χ4v) is 1.46. The number of methoxy groups -OCH3 is 1. The van der Waals surface area contributed by atoms with Crippen LogP contribution in [0.15, 0.2) is 23.9 Å². The highest BCUT2D eigenvalue weighted by molar-refractivity contribution is 5.84. The molecule has 0 saturated carbocycles. The minimum absolute atomic E-state index is 0.00857. The maximum Gasteiger partial charge on any atom is 0.332 e. The normalized spacial score (nSPS) is 11.2. The molecule has 0 heterocycles. The standard InChI is InChI=1S/C13H12F3NO3/c1-7(18)17-9(5-13(19)20-2)3-8-4-11(15)12(16)6-10(8)14/h4-6H,3H2,1-2H3,(H,17,18). The van der Waals surface area contributed by atoms with E-state index in [9.17, 15) is 22.8 Å². The molecule has 20 heavy (non-hydrogen) atoms. The number of hydrogen-bond donors (Lipinski definition) is 1. The van der Waals surface area contributed by atoms with Gasteiger partial charge < -0.3 is 10.1 Å². The number of amides is 1. The number of carbonyl (C=O) groups is 2. The van der Waals surface area contributed by atoms with Crippen LogP contribution in [0.4, 0.5) is 13.2 Å². The zero-order chi connectivity index (χ0) is 15.3. The average Bonchev–Trinajstić information content (AvgIpc) is 2.34. The van der Waals surface area contributed by atoms with Crippen LogP contribution in [-0.2, 0) is 20.7 Å². The number of halogens is 3. The molecule has 108 valence electrons. The Morgan fingerprint density at radius 3 is 2.35 bits per heavy atom. The van der Waals surface area contributed by atoms with Crippen LogP contribution >= 0.6 is 0 Å². The number of carbonyl (C=O) groups excluding carboxylic acids is 2. The molecule has 0 saturated heterocycles. The smallest absolute Gasteiger partial charge is 0.332 e. The number of allylic oxidation sites excluding steroid dienone is 1. The molecule has 0 atom stereocenters. The van der Waals surface area contributed by atoms with Crippen molar-refractivity contribution in [1.82, 2.24) is 5.32 Å². The van der Waals surface area contributed by atoms with Crippen LogP contribution < -0.4 is 5.32 Å². The van der Waals surface area contributed by atoms with E-state index < -0.39 is 29.3 Å². The van der Waals surface area contributed by atoms with Crippen LogP contribution in [0.5, 0.6) is 0 Å². The molecule has 0 fully saturated rings. The molecule has 0 aliphatic rings. The molecule has 0 radical (unpaired) electrons. The van der Waals surface area contributed by atoms with Gasteiger partial charge in [-0.25, -0.2) is 18.0 Å². The maximum atomic E-state index is 13.5. The van der Waals surface area contributed by atoms with Gasteiger partial charge >= 0.3 is 5.97 Å². The zero-order valence-corrected chi connectivity index (χ0v) is 10.8. The van der Waals surface area contributed by atoms with E-state index in [1.165, 1.54) is 6.92 Å². The molecule has 1 aromatic carbocycles. The first-order chi connectivity index (χ1) is 9.33. The zero-order valence-electron chi connectivity index (χ0n) is 10.8. The lowest BCUT2D eigenvalue weighted by Crippen LogP contribution is -2.22. The van der Waals surface area contributed by atoms with Gasteiger partial charge in [0, 0.05) is 31.2 Å². The summed E-state index contributed by atoms with van der Waals surface area (Å²) >= 11 is 0. The largest absolute Gasteiger partial charge is 0.466 e. The summed E-state index contributed by atoms with van der Waals surface area (Å²) in [7, 11) is 1.13. The summed E-state index contributed by atoms with van der Waals surface area (Å²) in [5, 5.41) is 2.29. The Kier molecular flexibility index (Phi) is 5.31. The van der Waals surface area contributed by atoms with Crippen molar-refractivity contribution >= 4 is 11.9 Å². The van der Waals surface area contributed by atoms with Crippen LogP contribution in [0.25, 0.3) is 0 Å². The highest BCUT2D eigenvalue weighted by Crippen LogP contribution is 2.16. The number of benzene rings is 1. The summed E-state index contributed by atoms with van der Waals surface area (Å²) < 4.78 is 43.7. The summed E-state index contributed by atoms with van der Waals surface area (Å²) in [6, 6.07) is 1.06. The van der Waals surface area contributed by atoms with E-state index in [-0.39, 0.29) is 17.7 Å². The van der Waals surface area contributed by atoms with Crippen LogP contribution in [0.1, 0.15) is 12.5 Å². The van der Waals surface area contributed by atoms with E-state index in [4.69, 9.17) is 0 Å². The molecule has 0 spiro atoms. The molecule has 1 amide bonds. The summed E-state index contributed by atoms with van der Waals surface area (Å²) in [6.45, 7) is 1.19. The van der Waals surface area contributed by atoms with Crippen molar-refractivity contribution in [3.05, 3.63) is 46.9 Å².